The predicted molar refractivity (Wildman–Crippen MR) is 87.3 cm³/mol. The zero-order valence-electron chi connectivity index (χ0n) is 13.0. The number of hydrogen-bond donors (Lipinski definition) is 2. The molecule has 1 saturated heterocycles. The van der Waals surface area contributed by atoms with Crippen molar-refractivity contribution in [2.24, 2.45) is 11.3 Å². The Morgan fingerprint density at radius 3 is 2.95 bits per heavy atom. The Kier molecular flexibility index (Phi) is 4.59. The van der Waals surface area contributed by atoms with E-state index in [-0.39, 0.29) is 17.2 Å². The van der Waals surface area contributed by atoms with Crippen LogP contribution in [0.1, 0.15) is 24.8 Å². The molecule has 0 bridgehead atoms. The summed E-state index contributed by atoms with van der Waals surface area (Å²) in [6.07, 6.45) is 3.30. The van der Waals surface area contributed by atoms with Crippen LogP contribution in [-0.2, 0) is 4.79 Å². The van der Waals surface area contributed by atoms with Gasteiger partial charge in [0.2, 0.25) is 5.91 Å². The molecule has 0 aromatic heterocycles. The van der Waals surface area contributed by atoms with E-state index in [2.05, 4.69) is 10.6 Å². The van der Waals surface area contributed by atoms with Gasteiger partial charge in [0.15, 0.2) is 0 Å². The van der Waals surface area contributed by atoms with E-state index in [4.69, 9.17) is 16.3 Å². The van der Waals surface area contributed by atoms with Crippen molar-refractivity contribution in [2.45, 2.75) is 26.2 Å². The average Bonchev–Trinajstić information content (AvgIpc) is 3.20. The molecule has 4 nitrogen and oxygen atoms in total. The minimum absolute atomic E-state index is 0.182. The van der Waals surface area contributed by atoms with Crippen LogP contribution in [0.25, 0.3) is 0 Å². The van der Waals surface area contributed by atoms with Crippen LogP contribution in [0.3, 0.4) is 0 Å². The number of rotatable bonds is 5. The number of halogens is 1. The van der Waals surface area contributed by atoms with E-state index in [1.54, 1.807) is 0 Å². The molecule has 1 aliphatic carbocycles. The van der Waals surface area contributed by atoms with Crippen molar-refractivity contribution in [2.75, 3.05) is 26.2 Å². The molecule has 1 atom stereocenters. The van der Waals surface area contributed by atoms with Crippen LogP contribution in [0.2, 0.25) is 5.02 Å². The zero-order chi connectivity index (χ0) is 15.6. The molecule has 22 heavy (non-hydrogen) atoms. The Labute approximate surface area is 136 Å². The maximum atomic E-state index is 12.2. The fourth-order valence-corrected chi connectivity index (χ4v) is 3.72. The summed E-state index contributed by atoms with van der Waals surface area (Å²) >= 11 is 6.11. The third-order valence-corrected chi connectivity index (χ3v) is 5.21. The normalized spacial score (nSPS) is 22.4. The number of para-hydroxylation sites is 1. The molecule has 120 valence electrons. The lowest BCUT2D eigenvalue weighted by molar-refractivity contribution is -0.123. The predicted octanol–water partition coefficient (Wildman–Crippen LogP) is 2.53. The van der Waals surface area contributed by atoms with Crippen LogP contribution < -0.4 is 15.4 Å². The van der Waals surface area contributed by atoms with Crippen LogP contribution in [0.15, 0.2) is 18.2 Å². The smallest absolute Gasteiger partial charge is 0.223 e. The first-order chi connectivity index (χ1) is 10.6. The molecule has 2 aliphatic rings. The Bertz CT molecular complexity index is 535. The average molecular weight is 323 g/mol. The quantitative estimate of drug-likeness (QED) is 0.819. The highest BCUT2D eigenvalue weighted by Gasteiger charge is 2.57. The Morgan fingerprint density at radius 1 is 1.45 bits per heavy atom. The lowest BCUT2D eigenvalue weighted by atomic mass is 9.92. The lowest BCUT2D eigenvalue weighted by Gasteiger charge is -2.23. The summed E-state index contributed by atoms with van der Waals surface area (Å²) in [6.45, 7) is 5.01. The van der Waals surface area contributed by atoms with Crippen molar-refractivity contribution >= 4 is 17.5 Å². The molecule has 0 radical (unpaired) electrons. The molecule has 1 aromatic carbocycles. The van der Waals surface area contributed by atoms with Gasteiger partial charge in [-0.2, -0.15) is 0 Å². The highest BCUT2D eigenvalue weighted by molar-refractivity contribution is 6.32. The number of benzene rings is 1. The van der Waals surface area contributed by atoms with E-state index in [9.17, 15) is 4.79 Å². The van der Waals surface area contributed by atoms with Gasteiger partial charge in [0, 0.05) is 5.92 Å². The molecule has 3 rings (SSSR count). The number of carbonyl (C=O) groups is 1. The molecule has 1 spiro atoms. The van der Waals surface area contributed by atoms with Gasteiger partial charge >= 0.3 is 0 Å². The van der Waals surface area contributed by atoms with Gasteiger partial charge in [0.1, 0.15) is 12.4 Å². The fourth-order valence-electron chi connectivity index (χ4n) is 3.45. The SMILES string of the molecule is Cc1cccc(Cl)c1OCCNC(=O)[C@H]1CC12CCNCC2. The first-order valence-electron chi connectivity index (χ1n) is 7.99. The standard InChI is InChI=1S/C17H23ClN2O2/c1-12-3-2-4-14(18)15(12)22-10-9-20-16(21)13-11-17(13)5-7-19-8-6-17/h2-4,13,19H,5-11H2,1H3,(H,20,21)/t13-/m1/s1. The highest BCUT2D eigenvalue weighted by atomic mass is 35.5. The van der Waals surface area contributed by atoms with E-state index in [0.717, 1.165) is 37.9 Å². The Morgan fingerprint density at radius 2 is 2.23 bits per heavy atom. The molecule has 2 fully saturated rings. The van der Waals surface area contributed by atoms with Crippen molar-refractivity contribution in [1.82, 2.24) is 10.6 Å². The van der Waals surface area contributed by atoms with Gasteiger partial charge in [0.25, 0.3) is 0 Å². The van der Waals surface area contributed by atoms with Gasteiger partial charge in [-0.1, -0.05) is 23.7 Å². The van der Waals surface area contributed by atoms with Crippen molar-refractivity contribution in [3.63, 3.8) is 0 Å². The number of hydrogen-bond acceptors (Lipinski definition) is 3. The third kappa shape index (κ3) is 3.23. The highest BCUT2D eigenvalue weighted by Crippen LogP contribution is 2.58. The molecule has 5 heteroatoms. The van der Waals surface area contributed by atoms with Gasteiger partial charge in [-0.05, 0) is 56.3 Å². The lowest BCUT2D eigenvalue weighted by Crippen LogP contribution is -2.35. The van der Waals surface area contributed by atoms with Gasteiger partial charge in [-0.25, -0.2) is 0 Å². The Hall–Kier alpha value is -1.26. The van der Waals surface area contributed by atoms with Gasteiger partial charge in [-0.15, -0.1) is 0 Å². The van der Waals surface area contributed by atoms with Gasteiger partial charge < -0.3 is 15.4 Å². The van der Waals surface area contributed by atoms with Gasteiger partial charge in [-0.3, -0.25) is 4.79 Å². The van der Waals surface area contributed by atoms with Crippen LogP contribution >= 0.6 is 11.6 Å². The zero-order valence-corrected chi connectivity index (χ0v) is 13.7. The summed E-state index contributed by atoms with van der Waals surface area (Å²) in [5.41, 5.74) is 1.30. The molecule has 1 heterocycles. The van der Waals surface area contributed by atoms with E-state index < -0.39 is 0 Å². The van der Waals surface area contributed by atoms with Crippen LogP contribution in [0, 0.1) is 18.3 Å². The molecule has 1 aromatic rings. The number of carbonyl (C=O) groups excluding carboxylic acids is 1. The first kappa shape index (κ1) is 15.6. The minimum atomic E-state index is 0.182. The first-order valence-corrected chi connectivity index (χ1v) is 8.36. The second-order valence-corrected chi connectivity index (χ2v) is 6.80. The monoisotopic (exact) mass is 322 g/mol. The van der Waals surface area contributed by atoms with E-state index >= 15 is 0 Å². The number of nitrogens with one attached hydrogen (secondary N) is 2. The topological polar surface area (TPSA) is 50.4 Å². The summed E-state index contributed by atoms with van der Waals surface area (Å²) in [4.78, 5) is 12.2. The second kappa shape index (κ2) is 6.47. The van der Waals surface area contributed by atoms with E-state index in [1.807, 2.05) is 25.1 Å². The van der Waals surface area contributed by atoms with Crippen LogP contribution in [0.5, 0.6) is 5.75 Å². The maximum Gasteiger partial charge on any atom is 0.223 e. The maximum absolute atomic E-state index is 12.2. The van der Waals surface area contributed by atoms with Crippen molar-refractivity contribution in [3.8, 4) is 5.75 Å². The molecular weight excluding hydrogens is 300 g/mol. The molecule has 2 N–H and O–H groups in total. The summed E-state index contributed by atoms with van der Waals surface area (Å²) in [6, 6.07) is 5.68. The number of piperidine rings is 1. The summed E-state index contributed by atoms with van der Waals surface area (Å²) in [5.74, 6) is 1.10. The van der Waals surface area contributed by atoms with Crippen molar-refractivity contribution in [3.05, 3.63) is 28.8 Å². The van der Waals surface area contributed by atoms with Crippen molar-refractivity contribution < 1.29 is 9.53 Å². The van der Waals surface area contributed by atoms with Crippen LogP contribution in [-0.4, -0.2) is 32.1 Å². The summed E-state index contributed by atoms with van der Waals surface area (Å²) in [5, 5.41) is 6.97. The van der Waals surface area contributed by atoms with Crippen LogP contribution in [0.4, 0.5) is 0 Å². The second-order valence-electron chi connectivity index (χ2n) is 6.39. The summed E-state index contributed by atoms with van der Waals surface area (Å²) in [7, 11) is 0. The molecular formula is C17H23ClN2O2. The minimum Gasteiger partial charge on any atom is -0.490 e. The third-order valence-electron chi connectivity index (χ3n) is 4.92. The molecule has 1 saturated carbocycles. The Balaban J connectivity index is 1.41. The number of amides is 1. The molecule has 1 aliphatic heterocycles. The van der Waals surface area contributed by atoms with Gasteiger partial charge in [0.05, 0.1) is 11.6 Å². The summed E-state index contributed by atoms with van der Waals surface area (Å²) < 4.78 is 5.70. The fraction of sp³-hybridized carbons (Fsp3) is 0.588. The van der Waals surface area contributed by atoms with Crippen molar-refractivity contribution in [1.29, 1.82) is 0 Å². The van der Waals surface area contributed by atoms with E-state index in [1.165, 1.54) is 0 Å². The number of ether oxygens (including phenoxy) is 1. The largest absolute Gasteiger partial charge is 0.490 e. The molecule has 1 amide bonds. The number of aryl methyl sites for hydroxylation is 1. The molecule has 0 unspecified atom stereocenters. The van der Waals surface area contributed by atoms with E-state index in [0.29, 0.717) is 23.9 Å².